The maximum absolute atomic E-state index is 12.5. The number of aryl methyl sites for hydroxylation is 1. The zero-order valence-electron chi connectivity index (χ0n) is 13.6. The molecule has 5 heteroatoms. The number of rotatable bonds is 4. The van der Waals surface area contributed by atoms with Gasteiger partial charge in [-0.3, -0.25) is 9.59 Å². The molecule has 1 saturated carbocycles. The van der Waals surface area contributed by atoms with E-state index in [2.05, 4.69) is 21.2 Å². The molecule has 0 radical (unpaired) electrons. The monoisotopic (exact) mass is 386 g/mol. The number of nitrogens with zero attached hydrogens (tertiary/aromatic N) is 1. The van der Waals surface area contributed by atoms with Crippen molar-refractivity contribution < 1.29 is 9.59 Å². The van der Waals surface area contributed by atoms with E-state index in [1.807, 2.05) is 55.5 Å². The van der Waals surface area contributed by atoms with E-state index in [0.29, 0.717) is 6.42 Å². The quantitative estimate of drug-likeness (QED) is 0.863. The number of anilines is 2. The zero-order chi connectivity index (χ0) is 17.3. The molecule has 4 nitrogen and oxygen atoms in total. The first-order valence-corrected chi connectivity index (χ1v) is 8.66. The van der Waals surface area contributed by atoms with E-state index in [1.54, 1.807) is 11.9 Å². The average Bonchev–Trinajstić information content (AvgIpc) is 3.38. The van der Waals surface area contributed by atoms with E-state index in [9.17, 15) is 9.59 Å². The summed E-state index contributed by atoms with van der Waals surface area (Å²) in [4.78, 5) is 26.5. The molecular formula is C19H19BrN2O2. The highest BCUT2D eigenvalue weighted by atomic mass is 79.9. The van der Waals surface area contributed by atoms with Gasteiger partial charge in [0.2, 0.25) is 11.8 Å². The summed E-state index contributed by atoms with van der Waals surface area (Å²) in [7, 11) is 1.75. The fourth-order valence-electron chi connectivity index (χ4n) is 2.69. The molecule has 0 bridgehead atoms. The molecule has 2 aromatic carbocycles. The minimum atomic E-state index is -0.247. The molecule has 2 aromatic rings. The Kier molecular flexibility index (Phi) is 4.71. The van der Waals surface area contributed by atoms with Gasteiger partial charge in [-0.2, -0.15) is 0 Å². The molecule has 124 valence electrons. The van der Waals surface area contributed by atoms with Gasteiger partial charge < -0.3 is 10.2 Å². The molecular weight excluding hydrogens is 368 g/mol. The summed E-state index contributed by atoms with van der Waals surface area (Å²) in [5.41, 5.74) is 2.69. The van der Waals surface area contributed by atoms with Crippen molar-refractivity contribution in [3.8, 4) is 0 Å². The Morgan fingerprint density at radius 3 is 2.50 bits per heavy atom. The molecule has 0 aliphatic heterocycles. The number of benzene rings is 2. The molecule has 1 fully saturated rings. The molecule has 2 amide bonds. The van der Waals surface area contributed by atoms with Crippen LogP contribution in [0.2, 0.25) is 0 Å². The minimum Gasteiger partial charge on any atom is -0.326 e. The molecule has 24 heavy (non-hydrogen) atoms. The highest BCUT2D eigenvalue weighted by molar-refractivity contribution is 9.10. The Bertz CT molecular complexity index is 776. The van der Waals surface area contributed by atoms with Gasteiger partial charge in [-0.05, 0) is 43.2 Å². The highest BCUT2D eigenvalue weighted by Crippen LogP contribution is 2.41. The normalized spacial score (nSPS) is 18.8. The summed E-state index contributed by atoms with van der Waals surface area (Å²) in [6.45, 7) is 1.99. The van der Waals surface area contributed by atoms with Crippen LogP contribution in [0.4, 0.5) is 11.4 Å². The minimum absolute atomic E-state index is 0.00793. The Morgan fingerprint density at radius 1 is 1.12 bits per heavy atom. The number of para-hydroxylation sites is 1. The fourth-order valence-corrected chi connectivity index (χ4v) is 3.07. The lowest BCUT2D eigenvalue weighted by molar-refractivity contribution is -0.123. The summed E-state index contributed by atoms with van der Waals surface area (Å²) >= 11 is 3.46. The maximum Gasteiger partial charge on any atom is 0.230 e. The Morgan fingerprint density at radius 2 is 1.83 bits per heavy atom. The first-order chi connectivity index (χ1) is 11.5. The highest BCUT2D eigenvalue weighted by Gasteiger charge is 2.49. The van der Waals surface area contributed by atoms with E-state index in [4.69, 9.17) is 0 Å². The standard InChI is InChI=1S/C19H19BrN2O2/c1-12-8-9-13(10-17(12)20)21-18(23)15-11-16(15)19(24)22(2)14-6-4-3-5-7-14/h3-10,15-16H,11H2,1-2H3,(H,21,23). The molecule has 3 rings (SSSR count). The zero-order valence-corrected chi connectivity index (χ0v) is 15.2. The van der Waals surface area contributed by atoms with E-state index in [0.717, 1.165) is 21.4 Å². The second-order valence-electron chi connectivity index (χ2n) is 6.13. The summed E-state index contributed by atoms with van der Waals surface area (Å²) < 4.78 is 0.951. The average molecular weight is 387 g/mol. The molecule has 0 heterocycles. The maximum atomic E-state index is 12.5. The first-order valence-electron chi connectivity index (χ1n) is 7.87. The van der Waals surface area contributed by atoms with Crippen molar-refractivity contribution in [1.82, 2.24) is 0 Å². The van der Waals surface area contributed by atoms with Crippen LogP contribution in [-0.2, 0) is 9.59 Å². The van der Waals surface area contributed by atoms with Gasteiger partial charge in [0.05, 0.1) is 11.8 Å². The lowest BCUT2D eigenvalue weighted by Crippen LogP contribution is -2.29. The second-order valence-corrected chi connectivity index (χ2v) is 6.99. The van der Waals surface area contributed by atoms with E-state index in [-0.39, 0.29) is 23.7 Å². The van der Waals surface area contributed by atoms with E-state index in [1.165, 1.54) is 0 Å². The fraction of sp³-hybridized carbons (Fsp3) is 0.263. The van der Waals surface area contributed by atoms with Crippen LogP contribution >= 0.6 is 15.9 Å². The molecule has 2 unspecified atom stereocenters. The van der Waals surface area contributed by atoms with Gasteiger partial charge in [0.25, 0.3) is 0 Å². The molecule has 0 saturated heterocycles. The molecule has 1 N–H and O–H groups in total. The number of hydrogen-bond donors (Lipinski definition) is 1. The third-order valence-electron chi connectivity index (χ3n) is 4.36. The molecule has 2 atom stereocenters. The van der Waals surface area contributed by atoms with Gasteiger partial charge in [-0.1, -0.05) is 40.2 Å². The lowest BCUT2D eigenvalue weighted by atomic mass is 10.2. The van der Waals surface area contributed by atoms with Gasteiger partial charge in [0.1, 0.15) is 0 Å². The third-order valence-corrected chi connectivity index (χ3v) is 5.21. The van der Waals surface area contributed by atoms with Gasteiger partial charge in [-0.15, -0.1) is 0 Å². The summed E-state index contributed by atoms with van der Waals surface area (Å²) in [6, 6.07) is 15.2. The second kappa shape index (κ2) is 6.77. The Hall–Kier alpha value is -2.14. The largest absolute Gasteiger partial charge is 0.326 e. The molecule has 1 aliphatic carbocycles. The lowest BCUT2D eigenvalue weighted by Gasteiger charge is -2.17. The Balaban J connectivity index is 1.61. The summed E-state index contributed by atoms with van der Waals surface area (Å²) in [5.74, 6) is -0.579. The smallest absolute Gasteiger partial charge is 0.230 e. The third kappa shape index (κ3) is 3.51. The van der Waals surface area contributed by atoms with Crippen molar-refractivity contribution in [2.45, 2.75) is 13.3 Å². The number of nitrogens with one attached hydrogen (secondary N) is 1. The van der Waals surface area contributed by atoms with Crippen LogP contribution in [0.3, 0.4) is 0 Å². The van der Waals surface area contributed by atoms with Crippen LogP contribution < -0.4 is 10.2 Å². The molecule has 0 aromatic heterocycles. The van der Waals surface area contributed by atoms with Gasteiger partial charge in [0.15, 0.2) is 0 Å². The number of amides is 2. The van der Waals surface area contributed by atoms with Crippen molar-refractivity contribution in [1.29, 1.82) is 0 Å². The van der Waals surface area contributed by atoms with Crippen LogP contribution in [-0.4, -0.2) is 18.9 Å². The van der Waals surface area contributed by atoms with E-state index >= 15 is 0 Å². The van der Waals surface area contributed by atoms with Crippen molar-refractivity contribution in [3.63, 3.8) is 0 Å². The van der Waals surface area contributed by atoms with Gasteiger partial charge >= 0.3 is 0 Å². The SMILES string of the molecule is Cc1ccc(NC(=O)C2CC2C(=O)N(C)c2ccccc2)cc1Br. The summed E-state index contributed by atoms with van der Waals surface area (Å²) in [6.07, 6.45) is 0.606. The van der Waals surface area contributed by atoms with Gasteiger partial charge in [0, 0.05) is 22.9 Å². The van der Waals surface area contributed by atoms with Crippen LogP contribution in [0.15, 0.2) is 53.0 Å². The number of halogens is 1. The van der Waals surface area contributed by atoms with Crippen LogP contribution in [0.1, 0.15) is 12.0 Å². The van der Waals surface area contributed by atoms with Crippen molar-refractivity contribution in [3.05, 3.63) is 58.6 Å². The first kappa shape index (κ1) is 16.7. The topological polar surface area (TPSA) is 49.4 Å². The number of hydrogen-bond acceptors (Lipinski definition) is 2. The predicted molar refractivity (Wildman–Crippen MR) is 99.0 cm³/mol. The van der Waals surface area contributed by atoms with Crippen LogP contribution in [0, 0.1) is 18.8 Å². The number of carbonyl (C=O) groups is 2. The molecule has 0 spiro atoms. The summed E-state index contributed by atoms with van der Waals surface area (Å²) in [5, 5.41) is 2.90. The van der Waals surface area contributed by atoms with E-state index < -0.39 is 0 Å². The van der Waals surface area contributed by atoms with Gasteiger partial charge in [-0.25, -0.2) is 0 Å². The predicted octanol–water partition coefficient (Wildman–Crippen LogP) is 4.00. The van der Waals surface area contributed by atoms with Crippen molar-refractivity contribution >= 4 is 39.1 Å². The van der Waals surface area contributed by atoms with Crippen molar-refractivity contribution in [2.24, 2.45) is 11.8 Å². The Labute approximate surface area is 150 Å². The number of carbonyl (C=O) groups excluding carboxylic acids is 2. The molecule has 1 aliphatic rings. The van der Waals surface area contributed by atoms with Crippen LogP contribution in [0.5, 0.6) is 0 Å². The van der Waals surface area contributed by atoms with Crippen LogP contribution in [0.25, 0.3) is 0 Å². The van der Waals surface area contributed by atoms with Crippen molar-refractivity contribution in [2.75, 3.05) is 17.3 Å².